The van der Waals surface area contributed by atoms with Crippen LogP contribution in [0.3, 0.4) is 0 Å². The Morgan fingerprint density at radius 2 is 1.32 bits per heavy atom. The molecule has 8 nitrogen and oxygen atoms in total. The first kappa shape index (κ1) is 28.5. The Hall–Kier alpha value is -2.98. The average molecular weight is 551 g/mol. The van der Waals surface area contributed by atoms with Crippen LogP contribution >= 0.6 is 0 Å². The lowest BCUT2D eigenvalue weighted by Crippen LogP contribution is -2.45. The molecule has 8 heteroatoms. The summed E-state index contributed by atoms with van der Waals surface area (Å²) in [5, 5.41) is 0. The van der Waals surface area contributed by atoms with Crippen LogP contribution in [0.15, 0.2) is 78.9 Å². The molecule has 0 spiro atoms. The van der Waals surface area contributed by atoms with Gasteiger partial charge in [-0.05, 0) is 54.8 Å². The summed E-state index contributed by atoms with van der Waals surface area (Å²) >= 11 is 0. The molecule has 0 saturated carbocycles. The molecule has 3 aromatic rings. The Kier molecular flexibility index (Phi) is 9.36. The minimum atomic E-state index is -0.773. The van der Waals surface area contributed by atoms with Crippen molar-refractivity contribution in [1.82, 2.24) is 0 Å². The minimum Gasteiger partial charge on any atom is -0.497 e. The number of fused-ring (bicyclic) bond motifs is 1. The van der Waals surface area contributed by atoms with Crippen LogP contribution in [0.2, 0.25) is 0 Å². The number of rotatable bonds is 13. The maximum absolute atomic E-state index is 6.49. The molecule has 2 fully saturated rings. The number of ether oxygens (including phenoxy) is 8. The van der Waals surface area contributed by atoms with Gasteiger partial charge in [-0.2, -0.15) is 0 Å². The van der Waals surface area contributed by atoms with Crippen molar-refractivity contribution in [3.05, 3.63) is 95.6 Å². The summed E-state index contributed by atoms with van der Waals surface area (Å²) < 4.78 is 48.4. The Bertz CT molecular complexity index is 1180. The van der Waals surface area contributed by atoms with Gasteiger partial charge in [-0.25, -0.2) is 0 Å². The van der Waals surface area contributed by atoms with Gasteiger partial charge in [-0.1, -0.05) is 54.6 Å². The standard InChI is InChI=1S/C32H38O8/c1-32(2)39-30-29(37-20-24-12-16-26(34-4)17-13-24)28(38-31(30)40-32)27(21-35-18-22-8-6-5-7-9-22)36-19-23-10-14-25(33-3)15-11-23/h5-17,27-31H,18-21H2,1-4H3/t27-,28-,29+,30-,31-/m1/s1. The van der Waals surface area contributed by atoms with Gasteiger partial charge in [-0.3, -0.25) is 0 Å². The molecule has 214 valence electrons. The van der Waals surface area contributed by atoms with Gasteiger partial charge in [0, 0.05) is 0 Å². The van der Waals surface area contributed by atoms with Crippen LogP contribution in [0, 0.1) is 0 Å². The van der Waals surface area contributed by atoms with Crippen LogP contribution in [0.5, 0.6) is 11.5 Å². The van der Waals surface area contributed by atoms with Gasteiger partial charge < -0.3 is 37.9 Å². The van der Waals surface area contributed by atoms with E-state index in [9.17, 15) is 0 Å². The van der Waals surface area contributed by atoms with E-state index in [-0.39, 0.29) is 0 Å². The van der Waals surface area contributed by atoms with Gasteiger partial charge in [0.2, 0.25) is 0 Å². The minimum absolute atomic E-state index is 0.306. The van der Waals surface area contributed by atoms with Crippen LogP contribution in [0.4, 0.5) is 0 Å². The molecule has 0 aromatic heterocycles. The molecule has 0 unspecified atom stereocenters. The van der Waals surface area contributed by atoms with E-state index in [0.29, 0.717) is 26.4 Å². The highest BCUT2D eigenvalue weighted by atomic mass is 16.8. The Morgan fingerprint density at radius 3 is 1.95 bits per heavy atom. The SMILES string of the molecule is COc1ccc(CO[C@@H]2[C@H]3OC(C)(C)O[C@H]3O[C@@H]2[C@@H](COCc2ccccc2)OCc2ccc(OC)cc2)cc1. The van der Waals surface area contributed by atoms with Crippen molar-refractivity contribution in [1.29, 1.82) is 0 Å². The van der Waals surface area contributed by atoms with Crippen LogP contribution in [-0.2, 0) is 48.2 Å². The summed E-state index contributed by atoms with van der Waals surface area (Å²) in [7, 11) is 3.30. The monoisotopic (exact) mass is 550 g/mol. The van der Waals surface area contributed by atoms with Crippen molar-refractivity contribution in [2.24, 2.45) is 0 Å². The second-order valence-electron chi connectivity index (χ2n) is 10.4. The molecule has 5 rings (SSSR count). The van der Waals surface area contributed by atoms with Crippen LogP contribution < -0.4 is 9.47 Å². The molecule has 0 bridgehead atoms. The van der Waals surface area contributed by atoms with E-state index in [1.165, 1.54) is 0 Å². The first-order valence-corrected chi connectivity index (χ1v) is 13.6. The Morgan fingerprint density at radius 1 is 0.725 bits per heavy atom. The van der Waals surface area contributed by atoms with Gasteiger partial charge >= 0.3 is 0 Å². The topological polar surface area (TPSA) is 73.8 Å². The number of benzene rings is 3. The molecular weight excluding hydrogens is 512 g/mol. The molecule has 3 aromatic carbocycles. The van der Waals surface area contributed by atoms with Crippen molar-refractivity contribution >= 4 is 0 Å². The predicted molar refractivity (Wildman–Crippen MR) is 148 cm³/mol. The first-order valence-electron chi connectivity index (χ1n) is 13.6. The highest BCUT2D eigenvalue weighted by Gasteiger charge is 2.57. The van der Waals surface area contributed by atoms with Gasteiger partial charge in [0.15, 0.2) is 12.1 Å². The normalized spacial score (nSPS) is 24.0. The van der Waals surface area contributed by atoms with E-state index in [1.807, 2.05) is 92.7 Å². The van der Waals surface area contributed by atoms with E-state index in [1.54, 1.807) is 14.2 Å². The Labute approximate surface area is 236 Å². The number of hydrogen-bond donors (Lipinski definition) is 0. The number of hydrogen-bond acceptors (Lipinski definition) is 8. The van der Waals surface area contributed by atoms with Crippen molar-refractivity contribution in [3.8, 4) is 11.5 Å². The fourth-order valence-corrected chi connectivity index (χ4v) is 4.94. The molecular formula is C32H38O8. The third kappa shape index (κ3) is 7.20. The summed E-state index contributed by atoms with van der Waals surface area (Å²) in [6.07, 6.45) is -2.32. The first-order chi connectivity index (χ1) is 19.4. The predicted octanol–water partition coefficient (Wildman–Crippen LogP) is 5.27. The number of methoxy groups -OCH3 is 2. The molecule has 0 N–H and O–H groups in total. The smallest absolute Gasteiger partial charge is 0.190 e. The van der Waals surface area contributed by atoms with Crippen LogP contribution in [0.1, 0.15) is 30.5 Å². The van der Waals surface area contributed by atoms with E-state index < -0.39 is 36.5 Å². The zero-order valence-electron chi connectivity index (χ0n) is 23.5. The highest BCUT2D eigenvalue weighted by molar-refractivity contribution is 5.27. The molecule has 0 aliphatic carbocycles. The lowest BCUT2D eigenvalue weighted by atomic mass is 10.1. The zero-order valence-corrected chi connectivity index (χ0v) is 23.5. The van der Waals surface area contributed by atoms with Gasteiger partial charge in [0.05, 0.1) is 40.6 Å². The van der Waals surface area contributed by atoms with Gasteiger partial charge in [0.25, 0.3) is 0 Å². The summed E-state index contributed by atoms with van der Waals surface area (Å²) in [5.74, 6) is 0.816. The van der Waals surface area contributed by atoms with Crippen molar-refractivity contribution < 1.29 is 37.9 Å². The third-order valence-electron chi connectivity index (χ3n) is 7.01. The van der Waals surface area contributed by atoms with E-state index >= 15 is 0 Å². The molecule has 0 amide bonds. The summed E-state index contributed by atoms with van der Waals surface area (Å²) in [4.78, 5) is 0. The summed E-state index contributed by atoms with van der Waals surface area (Å²) in [5.41, 5.74) is 3.11. The summed E-state index contributed by atoms with van der Waals surface area (Å²) in [6.45, 7) is 5.27. The summed E-state index contributed by atoms with van der Waals surface area (Å²) in [6, 6.07) is 25.7. The largest absolute Gasteiger partial charge is 0.497 e. The molecule has 40 heavy (non-hydrogen) atoms. The quantitative estimate of drug-likeness (QED) is 0.285. The average Bonchev–Trinajstić information content (AvgIpc) is 3.46. The van der Waals surface area contributed by atoms with Gasteiger partial charge in [-0.15, -0.1) is 0 Å². The van der Waals surface area contributed by atoms with Crippen LogP contribution in [-0.4, -0.2) is 57.3 Å². The molecule has 2 aliphatic rings. The van der Waals surface area contributed by atoms with Gasteiger partial charge in [0.1, 0.15) is 35.9 Å². The highest BCUT2D eigenvalue weighted by Crippen LogP contribution is 2.40. The van der Waals surface area contributed by atoms with Crippen molar-refractivity contribution in [2.45, 2.75) is 70.2 Å². The molecule has 2 aliphatic heterocycles. The second kappa shape index (κ2) is 13.1. The lowest BCUT2D eigenvalue weighted by Gasteiger charge is -2.31. The van der Waals surface area contributed by atoms with Crippen molar-refractivity contribution in [3.63, 3.8) is 0 Å². The second-order valence-corrected chi connectivity index (χ2v) is 10.4. The fraction of sp³-hybridized carbons (Fsp3) is 0.438. The van der Waals surface area contributed by atoms with E-state index in [0.717, 1.165) is 28.2 Å². The van der Waals surface area contributed by atoms with E-state index in [4.69, 9.17) is 37.9 Å². The van der Waals surface area contributed by atoms with Crippen LogP contribution in [0.25, 0.3) is 0 Å². The third-order valence-corrected chi connectivity index (χ3v) is 7.01. The van der Waals surface area contributed by atoms with E-state index in [2.05, 4.69) is 0 Å². The fourth-order valence-electron chi connectivity index (χ4n) is 4.94. The Balaban J connectivity index is 1.32. The van der Waals surface area contributed by atoms with Crippen molar-refractivity contribution in [2.75, 3.05) is 20.8 Å². The zero-order chi connectivity index (χ0) is 28.0. The lowest BCUT2D eigenvalue weighted by molar-refractivity contribution is -0.238. The molecule has 5 atom stereocenters. The maximum atomic E-state index is 6.49. The molecule has 2 saturated heterocycles. The molecule has 0 radical (unpaired) electrons. The molecule has 2 heterocycles. The maximum Gasteiger partial charge on any atom is 0.190 e.